The first-order valence-corrected chi connectivity index (χ1v) is 8.30. The molecule has 1 aromatic carbocycles. The van der Waals surface area contributed by atoms with E-state index in [0.717, 1.165) is 43.4 Å². The van der Waals surface area contributed by atoms with Crippen molar-refractivity contribution in [2.24, 2.45) is 0 Å². The summed E-state index contributed by atoms with van der Waals surface area (Å²) in [7, 11) is 0. The van der Waals surface area contributed by atoms with E-state index >= 15 is 0 Å². The molecule has 2 aromatic rings. The molecule has 1 aliphatic heterocycles. The number of hydrogen-bond acceptors (Lipinski definition) is 5. The minimum absolute atomic E-state index is 0.126. The van der Waals surface area contributed by atoms with Crippen LogP contribution in [0.3, 0.4) is 0 Å². The van der Waals surface area contributed by atoms with Crippen molar-refractivity contribution in [2.45, 2.75) is 0 Å². The Bertz CT molecular complexity index is 725. The lowest BCUT2D eigenvalue weighted by molar-refractivity contribution is 0.0691. The summed E-state index contributed by atoms with van der Waals surface area (Å²) in [5.41, 5.74) is 1.16. The second-order valence-corrected chi connectivity index (χ2v) is 6.09. The molecule has 0 bridgehead atoms. The Morgan fingerprint density at radius 3 is 2.61 bits per heavy atom. The number of aromatic carboxylic acids is 1. The summed E-state index contributed by atoms with van der Waals surface area (Å²) in [6.45, 7) is 4.26. The minimum Gasteiger partial charge on any atom is -0.476 e. The number of anilines is 1. The van der Waals surface area contributed by atoms with E-state index in [1.54, 1.807) is 5.38 Å². The molecule has 23 heavy (non-hydrogen) atoms. The van der Waals surface area contributed by atoms with Crippen LogP contribution in [0.2, 0.25) is 0 Å². The number of carboxylic acid groups (broad SMARTS) is 1. The van der Waals surface area contributed by atoms with Gasteiger partial charge in [-0.05, 0) is 12.1 Å². The van der Waals surface area contributed by atoms with Gasteiger partial charge in [-0.15, -0.1) is 11.3 Å². The third-order valence-corrected chi connectivity index (χ3v) is 4.56. The molecule has 0 amide bonds. The van der Waals surface area contributed by atoms with Crippen LogP contribution in [0.5, 0.6) is 0 Å². The SMILES string of the molecule is O=C(O)c1csc(N2CCN(CC#Cc3ccccc3)CC2)n1. The number of carbonyl (C=O) groups is 1. The van der Waals surface area contributed by atoms with Crippen LogP contribution >= 0.6 is 11.3 Å². The van der Waals surface area contributed by atoms with Crippen molar-refractivity contribution in [3.63, 3.8) is 0 Å². The number of hydrogen-bond donors (Lipinski definition) is 1. The van der Waals surface area contributed by atoms with Crippen LogP contribution in [-0.4, -0.2) is 53.7 Å². The predicted octanol–water partition coefficient (Wildman–Crippen LogP) is 2.01. The number of aromatic nitrogens is 1. The van der Waals surface area contributed by atoms with Crippen molar-refractivity contribution in [1.82, 2.24) is 9.88 Å². The summed E-state index contributed by atoms with van der Waals surface area (Å²) >= 11 is 1.39. The molecular weight excluding hydrogens is 310 g/mol. The van der Waals surface area contributed by atoms with Crippen molar-refractivity contribution in [3.8, 4) is 11.8 Å². The Hall–Kier alpha value is -2.36. The van der Waals surface area contributed by atoms with Crippen LogP contribution in [0.15, 0.2) is 35.7 Å². The van der Waals surface area contributed by atoms with Gasteiger partial charge in [0.05, 0.1) is 6.54 Å². The van der Waals surface area contributed by atoms with Crippen LogP contribution in [0.4, 0.5) is 5.13 Å². The minimum atomic E-state index is -0.970. The summed E-state index contributed by atoms with van der Waals surface area (Å²) in [4.78, 5) is 19.5. The molecule has 0 atom stereocenters. The lowest BCUT2D eigenvalue weighted by Crippen LogP contribution is -2.46. The number of nitrogens with zero attached hydrogens (tertiary/aromatic N) is 3. The summed E-state index contributed by atoms with van der Waals surface area (Å²) in [5.74, 6) is 5.41. The van der Waals surface area contributed by atoms with E-state index < -0.39 is 5.97 Å². The van der Waals surface area contributed by atoms with Crippen molar-refractivity contribution in [2.75, 3.05) is 37.6 Å². The standard InChI is InChI=1S/C17H17N3O2S/c21-16(22)15-13-23-17(18-15)20-11-9-19(10-12-20)8-4-7-14-5-2-1-3-6-14/h1-3,5-6,13H,8-12H2,(H,21,22). The van der Waals surface area contributed by atoms with Gasteiger partial charge in [-0.1, -0.05) is 30.0 Å². The Morgan fingerprint density at radius 2 is 1.96 bits per heavy atom. The van der Waals surface area contributed by atoms with Gasteiger partial charge < -0.3 is 10.0 Å². The van der Waals surface area contributed by atoms with E-state index in [9.17, 15) is 4.79 Å². The fourth-order valence-electron chi connectivity index (χ4n) is 2.38. The molecule has 118 valence electrons. The van der Waals surface area contributed by atoms with Gasteiger partial charge in [-0.3, -0.25) is 4.90 Å². The zero-order valence-electron chi connectivity index (χ0n) is 12.6. The van der Waals surface area contributed by atoms with Crippen LogP contribution in [0.25, 0.3) is 0 Å². The average Bonchev–Trinajstić information content (AvgIpc) is 3.07. The number of piperazine rings is 1. The van der Waals surface area contributed by atoms with Gasteiger partial charge in [-0.25, -0.2) is 9.78 Å². The lowest BCUT2D eigenvalue weighted by atomic mass is 10.2. The predicted molar refractivity (Wildman–Crippen MR) is 91.0 cm³/mol. The van der Waals surface area contributed by atoms with E-state index in [1.807, 2.05) is 30.3 Å². The lowest BCUT2D eigenvalue weighted by Gasteiger charge is -2.33. The fourth-order valence-corrected chi connectivity index (χ4v) is 3.23. The molecule has 1 N–H and O–H groups in total. The normalized spacial score (nSPS) is 15.0. The number of thiazole rings is 1. The zero-order chi connectivity index (χ0) is 16.1. The Morgan fingerprint density at radius 1 is 1.22 bits per heavy atom. The number of benzene rings is 1. The molecule has 2 heterocycles. The fraction of sp³-hybridized carbons (Fsp3) is 0.294. The molecule has 5 nitrogen and oxygen atoms in total. The van der Waals surface area contributed by atoms with E-state index in [0.29, 0.717) is 0 Å². The zero-order valence-corrected chi connectivity index (χ0v) is 13.4. The van der Waals surface area contributed by atoms with Gasteiger partial charge in [-0.2, -0.15) is 0 Å². The molecule has 1 saturated heterocycles. The largest absolute Gasteiger partial charge is 0.476 e. The molecule has 0 spiro atoms. The maximum atomic E-state index is 10.9. The summed E-state index contributed by atoms with van der Waals surface area (Å²) in [6.07, 6.45) is 0. The van der Waals surface area contributed by atoms with Crippen LogP contribution in [0, 0.1) is 11.8 Å². The molecule has 0 saturated carbocycles. The Kier molecular flexibility index (Phi) is 4.91. The molecule has 0 unspecified atom stereocenters. The van der Waals surface area contributed by atoms with Gasteiger partial charge in [0, 0.05) is 37.1 Å². The van der Waals surface area contributed by atoms with Crippen LogP contribution in [-0.2, 0) is 0 Å². The van der Waals surface area contributed by atoms with Gasteiger partial charge in [0.15, 0.2) is 10.8 Å². The molecule has 1 aromatic heterocycles. The smallest absolute Gasteiger partial charge is 0.355 e. The maximum Gasteiger partial charge on any atom is 0.355 e. The molecule has 1 fully saturated rings. The Balaban J connectivity index is 1.50. The second-order valence-electron chi connectivity index (χ2n) is 5.25. The highest BCUT2D eigenvalue weighted by Gasteiger charge is 2.19. The third-order valence-electron chi connectivity index (χ3n) is 3.66. The Labute approximate surface area is 139 Å². The molecule has 6 heteroatoms. The number of rotatable bonds is 3. The molecular formula is C17H17N3O2S. The highest BCUT2D eigenvalue weighted by atomic mass is 32.1. The van der Waals surface area contributed by atoms with E-state index in [2.05, 4.69) is 26.6 Å². The van der Waals surface area contributed by atoms with E-state index in [-0.39, 0.29) is 5.69 Å². The van der Waals surface area contributed by atoms with Crippen molar-refractivity contribution < 1.29 is 9.90 Å². The quantitative estimate of drug-likeness (QED) is 0.874. The van der Waals surface area contributed by atoms with Crippen molar-refractivity contribution in [3.05, 3.63) is 47.0 Å². The first-order valence-electron chi connectivity index (χ1n) is 7.42. The first-order chi connectivity index (χ1) is 11.2. The third kappa shape index (κ3) is 4.09. The molecule has 3 rings (SSSR count). The van der Waals surface area contributed by atoms with Gasteiger partial charge in [0.25, 0.3) is 0 Å². The monoisotopic (exact) mass is 327 g/mol. The number of carboxylic acids is 1. The summed E-state index contributed by atoms with van der Waals surface area (Å²) in [5, 5.41) is 11.3. The van der Waals surface area contributed by atoms with Gasteiger partial charge in [0.1, 0.15) is 0 Å². The van der Waals surface area contributed by atoms with E-state index in [4.69, 9.17) is 5.11 Å². The van der Waals surface area contributed by atoms with Crippen LogP contribution < -0.4 is 4.90 Å². The molecule has 1 aliphatic rings. The topological polar surface area (TPSA) is 56.7 Å². The average molecular weight is 327 g/mol. The van der Waals surface area contributed by atoms with Crippen molar-refractivity contribution >= 4 is 22.4 Å². The summed E-state index contributed by atoms with van der Waals surface area (Å²) in [6, 6.07) is 9.98. The van der Waals surface area contributed by atoms with E-state index in [1.165, 1.54) is 11.3 Å². The first kappa shape index (κ1) is 15.5. The van der Waals surface area contributed by atoms with Gasteiger partial charge in [0.2, 0.25) is 0 Å². The highest BCUT2D eigenvalue weighted by molar-refractivity contribution is 7.13. The van der Waals surface area contributed by atoms with Gasteiger partial charge >= 0.3 is 5.97 Å². The second kappa shape index (κ2) is 7.27. The van der Waals surface area contributed by atoms with Crippen LogP contribution in [0.1, 0.15) is 16.1 Å². The maximum absolute atomic E-state index is 10.9. The van der Waals surface area contributed by atoms with Crippen molar-refractivity contribution in [1.29, 1.82) is 0 Å². The highest BCUT2D eigenvalue weighted by Crippen LogP contribution is 2.21. The summed E-state index contributed by atoms with van der Waals surface area (Å²) < 4.78 is 0. The molecule has 0 aliphatic carbocycles. The molecule has 0 radical (unpaired) electrons.